The van der Waals surface area contributed by atoms with Gasteiger partial charge in [-0.15, -0.1) is 0 Å². The van der Waals surface area contributed by atoms with Crippen LogP contribution in [0.25, 0.3) is 11.0 Å². The zero-order valence-corrected chi connectivity index (χ0v) is 18.9. The number of aryl methyl sites for hydroxylation is 1. The second-order valence-corrected chi connectivity index (χ2v) is 8.33. The van der Waals surface area contributed by atoms with Crippen molar-refractivity contribution in [2.45, 2.75) is 45.6 Å². The molecule has 0 saturated carbocycles. The molecule has 0 aliphatic carbocycles. The largest absolute Gasteiger partial charge is 0.495 e. The van der Waals surface area contributed by atoms with E-state index in [1.54, 1.807) is 31.5 Å². The van der Waals surface area contributed by atoms with Crippen molar-refractivity contribution < 1.29 is 9.53 Å². The molecule has 2 aromatic heterocycles. The molecular weight excluding hydrogens is 412 g/mol. The van der Waals surface area contributed by atoms with E-state index in [2.05, 4.69) is 22.2 Å². The molecular formula is C24H27ClN4O2. The number of hydrogen-bond donors (Lipinski definition) is 1. The Balaban J connectivity index is 1.85. The molecule has 3 aromatic rings. The normalized spacial score (nSPS) is 16.4. The van der Waals surface area contributed by atoms with Gasteiger partial charge in [0.15, 0.2) is 5.65 Å². The molecule has 31 heavy (non-hydrogen) atoms. The van der Waals surface area contributed by atoms with Crippen LogP contribution >= 0.6 is 11.6 Å². The molecule has 4 rings (SSSR count). The van der Waals surface area contributed by atoms with Crippen molar-refractivity contribution in [3.05, 3.63) is 52.8 Å². The van der Waals surface area contributed by atoms with Crippen LogP contribution < -0.4 is 10.1 Å². The highest BCUT2D eigenvalue weighted by molar-refractivity contribution is 6.31. The minimum absolute atomic E-state index is 0.00924. The minimum atomic E-state index is -0.00924. The van der Waals surface area contributed by atoms with Gasteiger partial charge in [-0.1, -0.05) is 18.5 Å². The summed E-state index contributed by atoms with van der Waals surface area (Å²) >= 11 is 6.25. The Morgan fingerprint density at radius 1 is 1.29 bits per heavy atom. The van der Waals surface area contributed by atoms with E-state index in [-0.39, 0.29) is 11.9 Å². The number of carbonyl (C=O) groups excluding carboxylic acids is 1. The number of anilines is 2. The molecule has 1 N–H and O–H groups in total. The number of aromatic nitrogens is 2. The maximum Gasteiger partial charge on any atom is 0.257 e. The summed E-state index contributed by atoms with van der Waals surface area (Å²) in [7, 11) is 1.61. The Kier molecular flexibility index (Phi) is 6.28. The van der Waals surface area contributed by atoms with Crippen LogP contribution in [0.3, 0.4) is 0 Å². The number of rotatable bonds is 5. The second kappa shape index (κ2) is 9.10. The Hall–Kier alpha value is -2.86. The van der Waals surface area contributed by atoms with Crippen molar-refractivity contribution in [2.75, 3.05) is 19.0 Å². The Morgan fingerprint density at radius 2 is 2.13 bits per heavy atom. The molecule has 1 saturated heterocycles. The van der Waals surface area contributed by atoms with Gasteiger partial charge in [0, 0.05) is 34.9 Å². The third kappa shape index (κ3) is 4.30. The average molecular weight is 439 g/mol. The summed E-state index contributed by atoms with van der Waals surface area (Å²) in [4.78, 5) is 24.7. The minimum Gasteiger partial charge on any atom is -0.495 e. The number of fused-ring (bicyclic) bond motifs is 1. The quantitative estimate of drug-likeness (QED) is 0.549. The molecule has 1 aliphatic heterocycles. The molecule has 1 aromatic carbocycles. The number of methoxy groups -OCH3 is 1. The number of nitrogens with zero attached hydrogens (tertiary/aromatic N) is 3. The summed E-state index contributed by atoms with van der Waals surface area (Å²) < 4.78 is 5.51. The van der Waals surface area contributed by atoms with Crippen LogP contribution in [0, 0.1) is 6.92 Å². The fourth-order valence-corrected chi connectivity index (χ4v) is 4.40. The number of nitrogens with one attached hydrogen (secondary N) is 1. The number of ether oxygens (including phenoxy) is 1. The van der Waals surface area contributed by atoms with Crippen LogP contribution in [0.4, 0.5) is 11.4 Å². The number of likely N-dealkylation sites (tertiary alicyclic amines) is 1. The number of amides is 1. The van der Waals surface area contributed by atoms with E-state index >= 15 is 0 Å². The molecule has 3 heterocycles. The summed E-state index contributed by atoms with van der Waals surface area (Å²) in [6.45, 7) is 4.83. The van der Waals surface area contributed by atoms with Crippen molar-refractivity contribution in [3.63, 3.8) is 0 Å². The third-order valence-corrected chi connectivity index (χ3v) is 6.11. The average Bonchev–Trinajstić information content (AvgIpc) is 2.78. The van der Waals surface area contributed by atoms with Gasteiger partial charge in [0.2, 0.25) is 0 Å². The maximum absolute atomic E-state index is 13.7. The Bertz CT molecular complexity index is 1120. The van der Waals surface area contributed by atoms with Gasteiger partial charge in [-0.2, -0.15) is 0 Å². The van der Waals surface area contributed by atoms with Gasteiger partial charge in [-0.25, -0.2) is 9.97 Å². The fraction of sp³-hybridized carbons (Fsp3) is 0.375. The van der Waals surface area contributed by atoms with E-state index in [0.29, 0.717) is 33.4 Å². The highest BCUT2D eigenvalue weighted by Gasteiger charge is 2.29. The molecule has 1 aliphatic rings. The van der Waals surface area contributed by atoms with E-state index in [9.17, 15) is 4.79 Å². The first-order valence-electron chi connectivity index (χ1n) is 10.7. The first kappa shape index (κ1) is 21.4. The molecule has 162 valence electrons. The van der Waals surface area contributed by atoms with Gasteiger partial charge >= 0.3 is 0 Å². The van der Waals surface area contributed by atoms with Crippen molar-refractivity contribution >= 4 is 39.9 Å². The fourth-order valence-electron chi connectivity index (χ4n) is 4.23. The van der Waals surface area contributed by atoms with Gasteiger partial charge in [0.25, 0.3) is 5.91 Å². The lowest BCUT2D eigenvalue weighted by Crippen LogP contribution is -2.43. The topological polar surface area (TPSA) is 67.4 Å². The van der Waals surface area contributed by atoms with Crippen molar-refractivity contribution in [1.29, 1.82) is 0 Å². The molecule has 1 amide bonds. The van der Waals surface area contributed by atoms with E-state index in [1.165, 1.54) is 0 Å². The van der Waals surface area contributed by atoms with Gasteiger partial charge in [0.1, 0.15) is 5.75 Å². The predicted molar refractivity (Wildman–Crippen MR) is 125 cm³/mol. The molecule has 1 unspecified atom stereocenters. The molecule has 6 nitrogen and oxygen atoms in total. The SMILES string of the molecule is CCC1CCCCN1C(=O)c1cnc2nc(C)ccc2c1Nc1cc(Cl)ccc1OC. The van der Waals surface area contributed by atoms with Crippen LogP contribution in [0.15, 0.2) is 36.5 Å². The zero-order valence-electron chi connectivity index (χ0n) is 18.1. The van der Waals surface area contributed by atoms with Crippen molar-refractivity contribution in [1.82, 2.24) is 14.9 Å². The summed E-state index contributed by atoms with van der Waals surface area (Å²) in [5.41, 5.74) is 3.34. The molecule has 7 heteroatoms. The summed E-state index contributed by atoms with van der Waals surface area (Å²) in [5, 5.41) is 4.77. The van der Waals surface area contributed by atoms with Crippen molar-refractivity contribution in [2.24, 2.45) is 0 Å². The molecule has 1 atom stereocenters. The van der Waals surface area contributed by atoms with Gasteiger partial charge < -0.3 is 15.0 Å². The van der Waals surface area contributed by atoms with E-state index in [0.717, 1.165) is 43.3 Å². The first-order chi connectivity index (χ1) is 15.0. The Labute approximate surface area is 187 Å². The maximum atomic E-state index is 13.7. The zero-order chi connectivity index (χ0) is 22.0. The molecule has 0 bridgehead atoms. The number of hydrogen-bond acceptors (Lipinski definition) is 5. The second-order valence-electron chi connectivity index (χ2n) is 7.90. The molecule has 0 radical (unpaired) electrons. The lowest BCUT2D eigenvalue weighted by molar-refractivity contribution is 0.0609. The van der Waals surface area contributed by atoms with Crippen LogP contribution in [-0.2, 0) is 0 Å². The Morgan fingerprint density at radius 3 is 2.90 bits per heavy atom. The lowest BCUT2D eigenvalue weighted by atomic mass is 9.98. The van der Waals surface area contributed by atoms with E-state index in [1.807, 2.05) is 24.0 Å². The highest BCUT2D eigenvalue weighted by atomic mass is 35.5. The summed E-state index contributed by atoms with van der Waals surface area (Å²) in [6.07, 6.45) is 5.80. The van der Waals surface area contributed by atoms with Crippen molar-refractivity contribution in [3.8, 4) is 5.75 Å². The van der Waals surface area contributed by atoms with Gasteiger partial charge in [-0.3, -0.25) is 4.79 Å². The predicted octanol–water partition coefficient (Wildman–Crippen LogP) is 5.75. The number of carbonyl (C=O) groups is 1. The number of halogens is 1. The highest BCUT2D eigenvalue weighted by Crippen LogP contribution is 2.36. The number of pyridine rings is 2. The van der Waals surface area contributed by atoms with Crippen LogP contribution in [0.2, 0.25) is 5.02 Å². The first-order valence-corrected chi connectivity index (χ1v) is 11.1. The van der Waals surface area contributed by atoms with E-state index < -0.39 is 0 Å². The number of piperidine rings is 1. The summed E-state index contributed by atoms with van der Waals surface area (Å²) in [5.74, 6) is 0.627. The smallest absolute Gasteiger partial charge is 0.257 e. The standard InChI is InChI=1S/C24H27ClN4O2/c1-4-17-7-5-6-12-29(17)24(30)19-14-26-23-18(10-8-15(2)27-23)22(19)28-20-13-16(25)9-11-21(20)31-3/h8-11,13-14,17H,4-7,12H2,1-3H3,(H,26,27,28). The van der Waals surface area contributed by atoms with E-state index in [4.69, 9.17) is 16.3 Å². The lowest BCUT2D eigenvalue weighted by Gasteiger charge is -2.35. The molecule has 1 fully saturated rings. The molecule has 0 spiro atoms. The van der Waals surface area contributed by atoms with Crippen LogP contribution in [0.5, 0.6) is 5.75 Å². The van der Waals surface area contributed by atoms with Gasteiger partial charge in [0.05, 0.1) is 24.0 Å². The van der Waals surface area contributed by atoms with Crippen LogP contribution in [-0.4, -0.2) is 40.5 Å². The third-order valence-electron chi connectivity index (χ3n) is 5.88. The monoisotopic (exact) mass is 438 g/mol. The van der Waals surface area contributed by atoms with Crippen LogP contribution in [0.1, 0.15) is 48.7 Å². The summed E-state index contributed by atoms with van der Waals surface area (Å²) in [6, 6.07) is 9.49. The number of benzene rings is 1. The van der Waals surface area contributed by atoms with Gasteiger partial charge in [-0.05, 0) is 62.9 Å².